The molecule has 2 fully saturated rings. The van der Waals surface area contributed by atoms with Gasteiger partial charge in [-0.05, 0) is 42.5 Å². The molecule has 17 heavy (non-hydrogen) atoms. The molecule has 1 aromatic heterocycles. The van der Waals surface area contributed by atoms with Crippen molar-refractivity contribution in [2.45, 2.75) is 25.7 Å². The summed E-state index contributed by atoms with van der Waals surface area (Å²) in [5.41, 5.74) is 2.68. The van der Waals surface area contributed by atoms with Crippen molar-refractivity contribution in [2.75, 3.05) is 0 Å². The van der Waals surface area contributed by atoms with Crippen LogP contribution in [0, 0.1) is 17.8 Å². The van der Waals surface area contributed by atoms with Crippen molar-refractivity contribution in [1.82, 2.24) is 5.43 Å². The Labute approximate surface area is 105 Å². The largest absolute Gasteiger partial charge is 0.273 e. The molecule has 3 atom stereocenters. The first-order valence-corrected chi connectivity index (χ1v) is 7.07. The Kier molecular flexibility index (Phi) is 2.97. The standard InChI is InChI=1S/C13H16N2OS/c16-13(12-7-9-3-4-10(12)6-9)15-14-8-11-2-1-5-17-11/h1-2,5,8-10,12H,3-4,6-7H2,(H,15,16)/b14-8-/t9-,10-,12-/m0/s1. The van der Waals surface area contributed by atoms with Gasteiger partial charge in [0.25, 0.3) is 0 Å². The average molecular weight is 248 g/mol. The fraction of sp³-hybridized carbons (Fsp3) is 0.538. The lowest BCUT2D eigenvalue weighted by molar-refractivity contribution is -0.126. The lowest BCUT2D eigenvalue weighted by Crippen LogP contribution is -2.30. The lowest BCUT2D eigenvalue weighted by Gasteiger charge is -2.19. The van der Waals surface area contributed by atoms with Gasteiger partial charge in [0.15, 0.2) is 0 Å². The number of hydrogen-bond acceptors (Lipinski definition) is 3. The van der Waals surface area contributed by atoms with Crippen LogP contribution in [-0.4, -0.2) is 12.1 Å². The van der Waals surface area contributed by atoms with Gasteiger partial charge in [0, 0.05) is 10.8 Å². The molecule has 0 unspecified atom stereocenters. The summed E-state index contributed by atoms with van der Waals surface area (Å²) in [4.78, 5) is 13.0. The predicted octanol–water partition coefficient (Wildman–Crippen LogP) is 2.63. The van der Waals surface area contributed by atoms with E-state index in [9.17, 15) is 4.79 Å². The second kappa shape index (κ2) is 4.61. The van der Waals surface area contributed by atoms with Crippen LogP contribution in [0.15, 0.2) is 22.6 Å². The van der Waals surface area contributed by atoms with E-state index in [1.807, 2.05) is 17.5 Å². The minimum atomic E-state index is 0.116. The number of rotatable bonds is 3. The number of nitrogens with zero attached hydrogens (tertiary/aromatic N) is 1. The van der Waals surface area contributed by atoms with Crippen molar-refractivity contribution in [3.8, 4) is 0 Å². The van der Waals surface area contributed by atoms with Crippen LogP contribution < -0.4 is 5.43 Å². The Morgan fingerprint density at radius 2 is 2.41 bits per heavy atom. The van der Waals surface area contributed by atoms with Crippen LogP contribution in [0.5, 0.6) is 0 Å². The maximum atomic E-state index is 11.9. The monoisotopic (exact) mass is 248 g/mol. The molecule has 2 aliphatic carbocycles. The minimum absolute atomic E-state index is 0.116. The summed E-state index contributed by atoms with van der Waals surface area (Å²) >= 11 is 1.62. The summed E-state index contributed by atoms with van der Waals surface area (Å²) in [7, 11) is 0. The predicted molar refractivity (Wildman–Crippen MR) is 69.0 cm³/mol. The van der Waals surface area contributed by atoms with Crippen molar-refractivity contribution >= 4 is 23.5 Å². The summed E-state index contributed by atoms with van der Waals surface area (Å²) in [5.74, 6) is 1.76. The highest BCUT2D eigenvalue weighted by Gasteiger charge is 2.42. The van der Waals surface area contributed by atoms with Crippen LogP contribution in [0.4, 0.5) is 0 Å². The Bertz CT molecular complexity index is 427. The molecule has 4 heteroatoms. The van der Waals surface area contributed by atoms with Gasteiger partial charge in [0.05, 0.1) is 6.21 Å². The van der Waals surface area contributed by atoms with Gasteiger partial charge in [-0.2, -0.15) is 5.10 Å². The second-order valence-electron chi connectivity index (χ2n) is 5.03. The summed E-state index contributed by atoms with van der Waals surface area (Å²) in [6.45, 7) is 0. The van der Waals surface area contributed by atoms with E-state index in [2.05, 4.69) is 10.5 Å². The fourth-order valence-corrected chi connectivity index (χ4v) is 3.76. The quantitative estimate of drug-likeness (QED) is 0.648. The Hall–Kier alpha value is -1.16. The van der Waals surface area contributed by atoms with E-state index in [1.165, 1.54) is 19.3 Å². The van der Waals surface area contributed by atoms with Crippen LogP contribution in [-0.2, 0) is 4.79 Å². The highest BCUT2D eigenvalue weighted by Crippen LogP contribution is 2.48. The number of amides is 1. The van der Waals surface area contributed by atoms with Crippen LogP contribution in [0.3, 0.4) is 0 Å². The molecule has 1 amide bonds. The van der Waals surface area contributed by atoms with E-state index in [4.69, 9.17) is 0 Å². The summed E-state index contributed by atoms with van der Waals surface area (Å²) < 4.78 is 0. The number of carbonyl (C=O) groups excluding carboxylic acids is 1. The zero-order chi connectivity index (χ0) is 11.7. The zero-order valence-corrected chi connectivity index (χ0v) is 10.5. The van der Waals surface area contributed by atoms with Crippen molar-refractivity contribution in [2.24, 2.45) is 22.9 Å². The van der Waals surface area contributed by atoms with Gasteiger partial charge in [0.1, 0.15) is 0 Å². The van der Waals surface area contributed by atoms with Crippen molar-refractivity contribution in [3.05, 3.63) is 22.4 Å². The number of fused-ring (bicyclic) bond motifs is 2. The fourth-order valence-electron chi connectivity index (χ4n) is 3.17. The minimum Gasteiger partial charge on any atom is -0.273 e. The number of hydrazone groups is 1. The molecule has 0 spiro atoms. The molecule has 0 aliphatic heterocycles. The van der Waals surface area contributed by atoms with Crippen LogP contribution in [0.25, 0.3) is 0 Å². The normalized spacial score (nSPS) is 31.2. The van der Waals surface area contributed by atoms with Gasteiger partial charge in [-0.1, -0.05) is 12.5 Å². The smallest absolute Gasteiger partial charge is 0.243 e. The van der Waals surface area contributed by atoms with Gasteiger partial charge in [-0.25, -0.2) is 5.43 Å². The van der Waals surface area contributed by atoms with Gasteiger partial charge >= 0.3 is 0 Å². The van der Waals surface area contributed by atoms with E-state index < -0.39 is 0 Å². The molecule has 3 nitrogen and oxygen atoms in total. The van der Waals surface area contributed by atoms with Gasteiger partial charge in [-0.3, -0.25) is 4.79 Å². The van der Waals surface area contributed by atoms with E-state index in [-0.39, 0.29) is 11.8 Å². The molecule has 90 valence electrons. The summed E-state index contributed by atoms with van der Waals surface area (Å²) in [6.07, 6.45) is 6.61. The molecular weight excluding hydrogens is 232 g/mol. The summed E-state index contributed by atoms with van der Waals surface area (Å²) in [6, 6.07) is 3.96. The van der Waals surface area contributed by atoms with Crippen LogP contribution in [0.2, 0.25) is 0 Å². The van der Waals surface area contributed by atoms with Crippen molar-refractivity contribution < 1.29 is 4.79 Å². The van der Waals surface area contributed by atoms with E-state index in [1.54, 1.807) is 17.6 Å². The lowest BCUT2D eigenvalue weighted by atomic mass is 9.88. The van der Waals surface area contributed by atoms with Crippen molar-refractivity contribution in [1.29, 1.82) is 0 Å². The molecule has 1 aromatic rings. The topological polar surface area (TPSA) is 41.5 Å². The number of hydrogen-bond donors (Lipinski definition) is 1. The Balaban J connectivity index is 1.54. The highest BCUT2D eigenvalue weighted by atomic mass is 32.1. The number of thiophene rings is 1. The van der Waals surface area contributed by atoms with E-state index >= 15 is 0 Å². The maximum Gasteiger partial charge on any atom is 0.243 e. The maximum absolute atomic E-state index is 11.9. The molecule has 0 aromatic carbocycles. The van der Waals surface area contributed by atoms with E-state index in [0.29, 0.717) is 5.92 Å². The number of nitrogens with one attached hydrogen (secondary N) is 1. The SMILES string of the molecule is O=C(N/N=C\c1cccs1)[C@H]1C[C@H]2CC[C@H]1C2. The molecule has 1 heterocycles. The van der Waals surface area contributed by atoms with Crippen molar-refractivity contribution in [3.63, 3.8) is 0 Å². The highest BCUT2D eigenvalue weighted by molar-refractivity contribution is 7.11. The molecule has 0 saturated heterocycles. The van der Waals surface area contributed by atoms with Crippen LogP contribution in [0.1, 0.15) is 30.6 Å². The van der Waals surface area contributed by atoms with Gasteiger partial charge in [-0.15, -0.1) is 11.3 Å². The third-order valence-electron chi connectivity index (χ3n) is 3.98. The Morgan fingerprint density at radius 3 is 3.06 bits per heavy atom. The Morgan fingerprint density at radius 1 is 1.47 bits per heavy atom. The molecule has 1 N–H and O–H groups in total. The van der Waals surface area contributed by atoms with E-state index in [0.717, 1.165) is 17.2 Å². The molecule has 2 saturated carbocycles. The van der Waals surface area contributed by atoms with Gasteiger partial charge < -0.3 is 0 Å². The zero-order valence-electron chi connectivity index (χ0n) is 9.63. The second-order valence-corrected chi connectivity index (χ2v) is 6.01. The first kappa shape index (κ1) is 11.0. The third-order valence-corrected chi connectivity index (χ3v) is 4.79. The number of carbonyl (C=O) groups is 1. The first-order valence-electron chi connectivity index (χ1n) is 6.19. The average Bonchev–Trinajstić information content (AvgIpc) is 3.05. The summed E-state index contributed by atoms with van der Waals surface area (Å²) in [5, 5.41) is 6.03. The third kappa shape index (κ3) is 2.27. The molecule has 3 rings (SSSR count). The first-order chi connectivity index (χ1) is 8.33. The molecule has 2 aliphatic rings. The van der Waals surface area contributed by atoms with Crippen LogP contribution >= 0.6 is 11.3 Å². The molecule has 0 radical (unpaired) electrons. The molecular formula is C13H16N2OS. The van der Waals surface area contributed by atoms with Gasteiger partial charge in [0.2, 0.25) is 5.91 Å². The molecule has 2 bridgehead atoms.